The molecule has 19 heavy (non-hydrogen) atoms. The number of hydrogen-bond acceptors (Lipinski definition) is 4. The highest BCUT2D eigenvalue weighted by atomic mass is 15.3. The summed E-state index contributed by atoms with van der Waals surface area (Å²) in [6, 6.07) is 8.78. The van der Waals surface area contributed by atoms with E-state index in [-0.39, 0.29) is 0 Å². The number of anilines is 1. The smallest absolute Gasteiger partial charge is 0.226 e. The van der Waals surface area contributed by atoms with Gasteiger partial charge in [-0.25, -0.2) is 9.97 Å². The van der Waals surface area contributed by atoms with Crippen molar-refractivity contribution >= 4 is 16.9 Å². The number of piperidine rings is 1. The second-order valence-corrected chi connectivity index (χ2v) is 5.55. The zero-order valence-electron chi connectivity index (χ0n) is 10.9. The van der Waals surface area contributed by atoms with E-state index in [0.717, 1.165) is 42.4 Å². The second-order valence-electron chi connectivity index (χ2n) is 5.55. The Balaban J connectivity index is 1.72. The fraction of sp³-hybridized carbons (Fsp3) is 0.467. The van der Waals surface area contributed by atoms with Crippen LogP contribution in [0.15, 0.2) is 30.5 Å². The van der Waals surface area contributed by atoms with Crippen molar-refractivity contribution in [2.24, 2.45) is 5.92 Å². The Hall–Kier alpha value is -1.68. The molecule has 0 spiro atoms. The molecule has 1 N–H and O–H groups in total. The number of nitrogens with one attached hydrogen (secondary N) is 1. The van der Waals surface area contributed by atoms with E-state index in [0.29, 0.717) is 6.04 Å². The van der Waals surface area contributed by atoms with Gasteiger partial charge in [0.05, 0.1) is 5.52 Å². The number of nitrogens with zero attached hydrogens (tertiary/aromatic N) is 3. The Morgan fingerprint density at radius 2 is 2.16 bits per heavy atom. The molecule has 0 saturated carbocycles. The molecule has 1 aromatic carbocycles. The molecule has 2 atom stereocenters. The highest BCUT2D eigenvalue weighted by Crippen LogP contribution is 2.29. The average molecular weight is 254 g/mol. The summed E-state index contributed by atoms with van der Waals surface area (Å²) in [6.45, 7) is 3.30. The highest BCUT2D eigenvalue weighted by Gasteiger charge is 2.36. The summed E-state index contributed by atoms with van der Waals surface area (Å²) in [7, 11) is 0. The zero-order valence-corrected chi connectivity index (χ0v) is 10.9. The Morgan fingerprint density at radius 1 is 1.21 bits per heavy atom. The van der Waals surface area contributed by atoms with Gasteiger partial charge in [-0.3, -0.25) is 0 Å². The van der Waals surface area contributed by atoms with E-state index in [1.165, 1.54) is 12.8 Å². The van der Waals surface area contributed by atoms with E-state index >= 15 is 0 Å². The predicted octanol–water partition coefficient (Wildman–Crippen LogP) is 1.82. The molecule has 0 amide bonds. The number of benzene rings is 1. The van der Waals surface area contributed by atoms with E-state index in [4.69, 9.17) is 4.98 Å². The Morgan fingerprint density at radius 3 is 3.16 bits per heavy atom. The fourth-order valence-corrected chi connectivity index (χ4v) is 3.42. The zero-order chi connectivity index (χ0) is 12.7. The summed E-state index contributed by atoms with van der Waals surface area (Å²) in [5.74, 6) is 1.67. The van der Waals surface area contributed by atoms with Gasteiger partial charge >= 0.3 is 0 Å². The molecule has 2 fully saturated rings. The summed E-state index contributed by atoms with van der Waals surface area (Å²) in [6.07, 6.45) is 4.53. The topological polar surface area (TPSA) is 41.1 Å². The number of para-hydroxylation sites is 1. The Labute approximate surface area is 112 Å². The summed E-state index contributed by atoms with van der Waals surface area (Å²) in [5.41, 5.74) is 1.04. The van der Waals surface area contributed by atoms with Crippen LogP contribution in [0, 0.1) is 5.92 Å². The standard InChI is InChI=1S/C15H18N4/c1-2-6-13-11(4-1)9-17-15(18-13)19-7-3-5-12-8-16-10-14(12)19/h1-2,4,6,9,12,14,16H,3,5,7-8,10H2. The molecule has 2 aromatic rings. The van der Waals surface area contributed by atoms with Crippen LogP contribution in [0.5, 0.6) is 0 Å². The molecular weight excluding hydrogens is 236 g/mol. The van der Waals surface area contributed by atoms with E-state index in [1.54, 1.807) is 0 Å². The van der Waals surface area contributed by atoms with Crippen LogP contribution in [0.1, 0.15) is 12.8 Å². The third-order valence-corrected chi connectivity index (χ3v) is 4.41. The first-order valence-corrected chi connectivity index (χ1v) is 7.11. The van der Waals surface area contributed by atoms with E-state index in [1.807, 2.05) is 18.3 Å². The lowest BCUT2D eigenvalue weighted by molar-refractivity contribution is 0.381. The van der Waals surface area contributed by atoms with Crippen LogP contribution in [0.3, 0.4) is 0 Å². The molecule has 4 rings (SSSR count). The van der Waals surface area contributed by atoms with Crippen molar-refractivity contribution in [2.45, 2.75) is 18.9 Å². The minimum atomic E-state index is 0.579. The Bertz CT molecular complexity index is 597. The van der Waals surface area contributed by atoms with E-state index in [9.17, 15) is 0 Å². The maximum absolute atomic E-state index is 4.75. The van der Waals surface area contributed by atoms with E-state index < -0.39 is 0 Å². The summed E-state index contributed by atoms with van der Waals surface area (Å²) in [4.78, 5) is 11.7. The van der Waals surface area contributed by atoms with Crippen LogP contribution in [-0.4, -0.2) is 35.6 Å². The quantitative estimate of drug-likeness (QED) is 0.843. The van der Waals surface area contributed by atoms with Gasteiger partial charge in [0.25, 0.3) is 0 Å². The molecule has 0 bridgehead atoms. The fourth-order valence-electron chi connectivity index (χ4n) is 3.42. The van der Waals surface area contributed by atoms with Crippen molar-refractivity contribution in [1.29, 1.82) is 0 Å². The SMILES string of the molecule is c1ccc2nc(N3CCCC4CNCC43)ncc2c1. The maximum Gasteiger partial charge on any atom is 0.226 e. The number of hydrogen-bond donors (Lipinski definition) is 1. The van der Waals surface area contributed by atoms with Gasteiger partial charge in [-0.1, -0.05) is 18.2 Å². The predicted molar refractivity (Wildman–Crippen MR) is 76.3 cm³/mol. The highest BCUT2D eigenvalue weighted by molar-refractivity contribution is 5.78. The lowest BCUT2D eigenvalue weighted by atomic mass is 9.92. The minimum Gasteiger partial charge on any atom is -0.336 e. The van der Waals surface area contributed by atoms with E-state index in [2.05, 4.69) is 27.3 Å². The normalized spacial score (nSPS) is 26.6. The van der Waals surface area contributed by atoms with Crippen molar-refractivity contribution in [3.05, 3.63) is 30.5 Å². The van der Waals surface area contributed by atoms with Gasteiger partial charge in [0, 0.05) is 37.3 Å². The first-order chi connectivity index (χ1) is 9.42. The molecule has 2 aliphatic heterocycles. The van der Waals surface area contributed by atoms with Gasteiger partial charge in [-0.05, 0) is 24.8 Å². The molecule has 98 valence electrons. The van der Waals surface area contributed by atoms with Crippen LogP contribution in [0.2, 0.25) is 0 Å². The first kappa shape index (κ1) is 11.2. The van der Waals surface area contributed by atoms with Crippen molar-refractivity contribution in [3.63, 3.8) is 0 Å². The van der Waals surface area contributed by atoms with Crippen molar-refractivity contribution < 1.29 is 0 Å². The monoisotopic (exact) mass is 254 g/mol. The molecule has 2 aliphatic rings. The molecule has 3 heterocycles. The second kappa shape index (κ2) is 4.46. The van der Waals surface area contributed by atoms with Crippen LogP contribution >= 0.6 is 0 Å². The average Bonchev–Trinajstić information content (AvgIpc) is 2.95. The summed E-state index contributed by atoms with van der Waals surface area (Å²) < 4.78 is 0. The molecular formula is C15H18N4. The third-order valence-electron chi connectivity index (χ3n) is 4.41. The molecule has 2 unspecified atom stereocenters. The number of fused-ring (bicyclic) bond motifs is 2. The van der Waals surface area contributed by atoms with Crippen LogP contribution in [-0.2, 0) is 0 Å². The van der Waals surface area contributed by atoms with Crippen LogP contribution in [0.25, 0.3) is 10.9 Å². The van der Waals surface area contributed by atoms with Crippen LogP contribution < -0.4 is 10.2 Å². The van der Waals surface area contributed by atoms with Gasteiger partial charge in [-0.15, -0.1) is 0 Å². The molecule has 4 nitrogen and oxygen atoms in total. The van der Waals surface area contributed by atoms with Crippen molar-refractivity contribution in [3.8, 4) is 0 Å². The lowest BCUT2D eigenvalue weighted by Gasteiger charge is -2.37. The number of rotatable bonds is 1. The summed E-state index contributed by atoms with van der Waals surface area (Å²) in [5, 5.41) is 4.62. The molecule has 2 saturated heterocycles. The van der Waals surface area contributed by atoms with Gasteiger partial charge < -0.3 is 10.2 Å². The molecule has 0 radical (unpaired) electrons. The van der Waals surface area contributed by atoms with Crippen molar-refractivity contribution in [2.75, 3.05) is 24.5 Å². The molecule has 0 aliphatic carbocycles. The number of aromatic nitrogens is 2. The lowest BCUT2D eigenvalue weighted by Crippen LogP contribution is -2.46. The summed E-state index contributed by atoms with van der Waals surface area (Å²) >= 11 is 0. The van der Waals surface area contributed by atoms with Gasteiger partial charge in [0.15, 0.2) is 0 Å². The van der Waals surface area contributed by atoms with Gasteiger partial charge in [0.2, 0.25) is 5.95 Å². The third kappa shape index (κ3) is 1.87. The Kier molecular flexibility index (Phi) is 2.62. The van der Waals surface area contributed by atoms with Crippen molar-refractivity contribution in [1.82, 2.24) is 15.3 Å². The molecule has 1 aromatic heterocycles. The minimum absolute atomic E-state index is 0.579. The maximum atomic E-state index is 4.75. The van der Waals surface area contributed by atoms with Crippen LogP contribution in [0.4, 0.5) is 5.95 Å². The largest absolute Gasteiger partial charge is 0.336 e. The van der Waals surface area contributed by atoms with Gasteiger partial charge in [-0.2, -0.15) is 0 Å². The van der Waals surface area contributed by atoms with Gasteiger partial charge in [0.1, 0.15) is 0 Å². The molecule has 4 heteroatoms. The first-order valence-electron chi connectivity index (χ1n) is 7.11.